The summed E-state index contributed by atoms with van der Waals surface area (Å²) in [5.74, 6) is 1.10. The molecule has 0 spiro atoms. The maximum absolute atomic E-state index is 12.4. The molecule has 1 aliphatic carbocycles. The lowest BCUT2D eigenvalue weighted by molar-refractivity contribution is -0.136. The summed E-state index contributed by atoms with van der Waals surface area (Å²) in [6.07, 6.45) is 5.11. The average molecular weight is 353 g/mol. The molecule has 1 aromatic carbocycles. The molecule has 1 N–H and O–H groups in total. The van der Waals surface area contributed by atoms with E-state index in [1.165, 1.54) is 0 Å². The number of hydrogen-bond donors (Lipinski definition) is 1. The second-order valence-corrected chi connectivity index (χ2v) is 7.10. The van der Waals surface area contributed by atoms with Gasteiger partial charge in [-0.05, 0) is 37.8 Å². The predicted octanol–water partition coefficient (Wildman–Crippen LogP) is 2.61. The van der Waals surface area contributed by atoms with Crippen molar-refractivity contribution < 1.29 is 14.0 Å². The van der Waals surface area contributed by atoms with Gasteiger partial charge in [0.25, 0.3) is 0 Å². The minimum atomic E-state index is -0.0289. The molecule has 2 heterocycles. The molecule has 1 saturated heterocycles. The summed E-state index contributed by atoms with van der Waals surface area (Å²) in [7, 11) is 0. The van der Waals surface area contributed by atoms with Crippen molar-refractivity contribution in [2.24, 2.45) is 11.8 Å². The quantitative estimate of drug-likeness (QED) is 0.896. The molecule has 6 heteroatoms. The first-order chi connectivity index (χ1) is 12.7. The number of piperidine rings is 1. The minimum absolute atomic E-state index is 0.0289. The van der Waals surface area contributed by atoms with Crippen LogP contribution in [-0.2, 0) is 16.1 Å². The lowest BCUT2D eigenvalue weighted by Crippen LogP contribution is -2.43. The Bertz CT molecular complexity index is 775. The molecule has 1 aliphatic heterocycles. The fourth-order valence-electron chi connectivity index (χ4n) is 3.37. The highest BCUT2D eigenvalue weighted by atomic mass is 16.3. The normalized spacial score (nSPS) is 17.9. The minimum Gasteiger partial charge on any atom is -0.444 e. The van der Waals surface area contributed by atoms with Gasteiger partial charge in [-0.15, -0.1) is 0 Å². The number of benzene rings is 1. The monoisotopic (exact) mass is 353 g/mol. The number of aromatic nitrogens is 1. The van der Waals surface area contributed by atoms with Crippen LogP contribution < -0.4 is 5.32 Å². The third-order valence-electron chi connectivity index (χ3n) is 5.12. The molecule has 2 amide bonds. The number of nitrogens with one attached hydrogen (secondary N) is 1. The molecule has 1 aromatic heterocycles. The Kier molecular flexibility index (Phi) is 4.73. The Labute approximate surface area is 152 Å². The second kappa shape index (κ2) is 7.32. The largest absolute Gasteiger partial charge is 0.444 e. The molecule has 2 aromatic rings. The van der Waals surface area contributed by atoms with Crippen molar-refractivity contribution >= 4 is 11.8 Å². The van der Waals surface area contributed by atoms with Crippen molar-refractivity contribution in [1.82, 2.24) is 15.2 Å². The van der Waals surface area contributed by atoms with Gasteiger partial charge in [0.2, 0.25) is 17.7 Å². The first-order valence-corrected chi connectivity index (χ1v) is 9.27. The Morgan fingerprint density at radius 3 is 2.50 bits per heavy atom. The lowest BCUT2D eigenvalue weighted by atomic mass is 9.95. The van der Waals surface area contributed by atoms with E-state index in [1.807, 2.05) is 35.2 Å². The number of amides is 2. The molecule has 4 rings (SSSR count). The Hall–Kier alpha value is -2.63. The van der Waals surface area contributed by atoms with Gasteiger partial charge in [-0.2, -0.15) is 0 Å². The van der Waals surface area contributed by atoms with Crippen LogP contribution in [0.1, 0.15) is 31.4 Å². The highest BCUT2D eigenvalue weighted by Gasteiger charge is 2.35. The first-order valence-electron chi connectivity index (χ1n) is 9.27. The van der Waals surface area contributed by atoms with Crippen molar-refractivity contribution in [3.8, 4) is 11.5 Å². The SMILES string of the molecule is O=C(NCc1coc(-c2ccccc2)n1)C1CCN(C(=O)C2CC2)CC1. The zero-order chi connectivity index (χ0) is 17.9. The number of hydrogen-bond acceptors (Lipinski definition) is 4. The standard InChI is InChI=1S/C20H23N3O3/c24-18(14-8-10-23(11-9-14)20(25)16-6-7-16)21-12-17-13-26-19(22-17)15-4-2-1-3-5-15/h1-5,13-14,16H,6-12H2,(H,21,24). The van der Waals surface area contributed by atoms with Crippen LogP contribution in [0.2, 0.25) is 0 Å². The van der Waals surface area contributed by atoms with Crippen LogP contribution in [0.15, 0.2) is 41.0 Å². The second-order valence-electron chi connectivity index (χ2n) is 7.10. The predicted molar refractivity (Wildman–Crippen MR) is 95.8 cm³/mol. The fourth-order valence-corrected chi connectivity index (χ4v) is 3.37. The van der Waals surface area contributed by atoms with Gasteiger partial charge in [0.15, 0.2) is 0 Å². The van der Waals surface area contributed by atoms with Gasteiger partial charge in [-0.25, -0.2) is 4.98 Å². The van der Waals surface area contributed by atoms with Crippen LogP contribution in [0.5, 0.6) is 0 Å². The van der Waals surface area contributed by atoms with E-state index in [9.17, 15) is 9.59 Å². The van der Waals surface area contributed by atoms with Crippen molar-refractivity contribution in [2.75, 3.05) is 13.1 Å². The molecule has 2 fully saturated rings. The van der Waals surface area contributed by atoms with E-state index in [4.69, 9.17) is 4.42 Å². The summed E-state index contributed by atoms with van der Waals surface area (Å²) in [6.45, 7) is 1.74. The molecular formula is C20H23N3O3. The number of nitrogens with zero attached hydrogens (tertiary/aromatic N) is 2. The Morgan fingerprint density at radius 1 is 1.08 bits per heavy atom. The number of oxazole rings is 1. The summed E-state index contributed by atoms with van der Waals surface area (Å²) in [5.41, 5.74) is 1.62. The van der Waals surface area contributed by atoms with Gasteiger partial charge < -0.3 is 14.6 Å². The number of carbonyl (C=O) groups excluding carboxylic acids is 2. The third kappa shape index (κ3) is 3.79. The fraction of sp³-hybridized carbons (Fsp3) is 0.450. The number of likely N-dealkylation sites (tertiary alicyclic amines) is 1. The molecular weight excluding hydrogens is 330 g/mol. The van der Waals surface area contributed by atoms with E-state index in [2.05, 4.69) is 10.3 Å². The van der Waals surface area contributed by atoms with E-state index in [1.54, 1.807) is 6.26 Å². The molecule has 0 bridgehead atoms. The molecule has 26 heavy (non-hydrogen) atoms. The highest BCUT2D eigenvalue weighted by molar-refractivity contribution is 5.82. The summed E-state index contributed by atoms with van der Waals surface area (Å²) >= 11 is 0. The molecule has 0 unspecified atom stereocenters. The molecule has 0 atom stereocenters. The maximum Gasteiger partial charge on any atom is 0.226 e. The topological polar surface area (TPSA) is 75.4 Å². The van der Waals surface area contributed by atoms with Crippen molar-refractivity contribution in [3.63, 3.8) is 0 Å². The van der Waals surface area contributed by atoms with Crippen LogP contribution in [0, 0.1) is 11.8 Å². The number of carbonyl (C=O) groups is 2. The van der Waals surface area contributed by atoms with Crippen molar-refractivity contribution in [2.45, 2.75) is 32.2 Å². The van der Waals surface area contributed by atoms with Crippen LogP contribution in [0.3, 0.4) is 0 Å². The van der Waals surface area contributed by atoms with Gasteiger partial charge in [-0.1, -0.05) is 18.2 Å². The highest BCUT2D eigenvalue weighted by Crippen LogP contribution is 2.32. The van der Waals surface area contributed by atoms with E-state index in [0.29, 0.717) is 31.2 Å². The molecule has 2 aliphatic rings. The van der Waals surface area contributed by atoms with Gasteiger partial charge >= 0.3 is 0 Å². The van der Waals surface area contributed by atoms with Crippen molar-refractivity contribution in [3.05, 3.63) is 42.3 Å². The van der Waals surface area contributed by atoms with Crippen LogP contribution in [-0.4, -0.2) is 34.8 Å². The van der Waals surface area contributed by atoms with Crippen molar-refractivity contribution in [1.29, 1.82) is 0 Å². The van der Waals surface area contributed by atoms with Crippen LogP contribution in [0.4, 0.5) is 0 Å². The molecule has 0 radical (unpaired) electrons. The van der Waals surface area contributed by atoms with Gasteiger partial charge in [0, 0.05) is 30.5 Å². The van der Waals surface area contributed by atoms with Crippen LogP contribution in [0.25, 0.3) is 11.5 Å². The van der Waals surface area contributed by atoms with Gasteiger partial charge in [-0.3, -0.25) is 9.59 Å². The average Bonchev–Trinajstić information content (AvgIpc) is 3.44. The Balaban J connectivity index is 1.25. The van der Waals surface area contributed by atoms with E-state index < -0.39 is 0 Å². The maximum atomic E-state index is 12.4. The number of rotatable bonds is 5. The lowest BCUT2D eigenvalue weighted by Gasteiger charge is -2.31. The molecule has 136 valence electrons. The molecule has 1 saturated carbocycles. The smallest absolute Gasteiger partial charge is 0.226 e. The zero-order valence-electron chi connectivity index (χ0n) is 14.7. The van der Waals surface area contributed by atoms with E-state index in [-0.39, 0.29) is 23.7 Å². The van der Waals surface area contributed by atoms with Gasteiger partial charge in [0.05, 0.1) is 12.2 Å². The van der Waals surface area contributed by atoms with Gasteiger partial charge in [0.1, 0.15) is 6.26 Å². The first kappa shape index (κ1) is 16.8. The third-order valence-corrected chi connectivity index (χ3v) is 5.12. The summed E-state index contributed by atoms with van der Waals surface area (Å²) in [4.78, 5) is 30.8. The van der Waals surface area contributed by atoms with Crippen LogP contribution >= 0.6 is 0 Å². The summed E-state index contributed by atoms with van der Waals surface area (Å²) < 4.78 is 5.49. The van der Waals surface area contributed by atoms with E-state index in [0.717, 1.165) is 31.2 Å². The van der Waals surface area contributed by atoms with E-state index >= 15 is 0 Å². The molecule has 6 nitrogen and oxygen atoms in total. The Morgan fingerprint density at radius 2 is 1.81 bits per heavy atom. The summed E-state index contributed by atoms with van der Waals surface area (Å²) in [5, 5.41) is 2.95. The summed E-state index contributed by atoms with van der Waals surface area (Å²) in [6, 6.07) is 9.68. The zero-order valence-corrected chi connectivity index (χ0v) is 14.7.